The van der Waals surface area contributed by atoms with E-state index in [-0.39, 0.29) is 128 Å². The summed E-state index contributed by atoms with van der Waals surface area (Å²) < 4.78 is 0. The highest BCUT2D eigenvalue weighted by Gasteiger charge is 2.41. The number of fused-ring (bicyclic) bond motifs is 1. The molecular weight excluding hydrogens is 1790 g/mol. The summed E-state index contributed by atoms with van der Waals surface area (Å²) in [6.45, 7) is 4.38. The van der Waals surface area contributed by atoms with Crippen LogP contribution in [0, 0.1) is 5.92 Å². The van der Waals surface area contributed by atoms with Crippen molar-refractivity contribution in [3.8, 4) is 0 Å². The predicted molar refractivity (Wildman–Crippen MR) is 495 cm³/mol. The zero-order valence-corrected chi connectivity index (χ0v) is 76.9. The maximum atomic E-state index is 15.1. The van der Waals surface area contributed by atoms with Gasteiger partial charge in [-0.25, -0.2) is 4.98 Å². The molecule has 42 N–H and O–H groups in total. The second-order valence-corrected chi connectivity index (χ2v) is 33.5. The number of carbonyl (C=O) groups excluding carboxylic acids is 21. The first-order valence-electron chi connectivity index (χ1n) is 45.1. The van der Waals surface area contributed by atoms with E-state index in [1.165, 1.54) is 12.5 Å². The number of H-pyrrole nitrogens is 2. The Hall–Kier alpha value is -14.2. The molecule has 137 heavy (non-hydrogen) atoms. The normalized spacial score (nSPS) is 14.4. The van der Waals surface area contributed by atoms with Crippen LogP contribution in [0.3, 0.4) is 0 Å². The quantitative estimate of drug-likeness (QED) is 0.0183. The topological polar surface area (TPSA) is 910 Å². The minimum Gasteiger partial charge on any atom is -0.370 e. The van der Waals surface area contributed by atoms with Gasteiger partial charge in [-0.3, -0.25) is 101 Å². The summed E-state index contributed by atoms with van der Waals surface area (Å²) in [4.78, 5) is 300. The highest BCUT2D eigenvalue weighted by molar-refractivity contribution is 6.04. The van der Waals surface area contributed by atoms with Crippen molar-refractivity contribution >= 4 is 135 Å². The fourth-order valence-corrected chi connectivity index (χ4v) is 14.3. The van der Waals surface area contributed by atoms with Gasteiger partial charge < -0.3 is 159 Å². The summed E-state index contributed by atoms with van der Waals surface area (Å²) in [5.74, 6) is -24.8. The summed E-state index contributed by atoms with van der Waals surface area (Å²) in [5, 5.41) is 34.9. The maximum absolute atomic E-state index is 15.1. The summed E-state index contributed by atoms with van der Waals surface area (Å²) in [6.07, 6.45) is -0.113. The number of primary amides is 7. The second kappa shape index (κ2) is 60.9. The van der Waals surface area contributed by atoms with Crippen LogP contribution in [0.1, 0.15) is 172 Å². The van der Waals surface area contributed by atoms with Crippen molar-refractivity contribution in [1.29, 1.82) is 0 Å². The first-order chi connectivity index (χ1) is 65.0. The molecule has 51 heteroatoms. The minimum absolute atomic E-state index is 0.0190. The molecule has 2 aromatic heterocycles. The van der Waals surface area contributed by atoms with Gasteiger partial charge in [0.2, 0.25) is 124 Å². The van der Waals surface area contributed by atoms with Crippen molar-refractivity contribution in [2.75, 3.05) is 32.7 Å². The third-order valence-electron chi connectivity index (χ3n) is 21.5. The van der Waals surface area contributed by atoms with Crippen LogP contribution in [-0.2, 0) is 120 Å². The fourth-order valence-electron chi connectivity index (χ4n) is 14.3. The molecule has 4 aromatic rings. The Bertz CT molecular complexity index is 4730. The van der Waals surface area contributed by atoms with Crippen molar-refractivity contribution in [1.82, 2.24) is 89.4 Å². The molecule has 756 valence electrons. The Morgan fingerprint density at radius 2 is 0.577 bits per heavy atom. The number of nitrogens with one attached hydrogen (secondary N) is 16. The number of rotatable bonds is 69. The zero-order chi connectivity index (χ0) is 102. The van der Waals surface area contributed by atoms with Gasteiger partial charge in [0.1, 0.15) is 84.6 Å². The lowest BCUT2D eigenvalue weighted by molar-refractivity contribution is -0.138. The van der Waals surface area contributed by atoms with E-state index in [2.05, 4.69) is 89.4 Å². The van der Waals surface area contributed by atoms with Gasteiger partial charge in [0.15, 0.2) is 0 Å². The molecule has 0 aliphatic rings. The van der Waals surface area contributed by atoms with Crippen LogP contribution in [0.15, 0.2) is 73.3 Å². The van der Waals surface area contributed by atoms with Gasteiger partial charge in [0.05, 0.1) is 56.6 Å². The SMILES string of the molecule is CC(C)C[C@H](NC(=O)[C@H](CCCCN)NC(=O)[C@H](Cc1c[nH]c2ccccc12)NC(=O)[C@@H](N)CCCCN)C(=O)N[C@@H](Cc1ccccc1)C(=O)N[C@@H](CCCCN)C(=O)N[C@@H](CCCCN)C(=O)N[C@@H](CC(N)=O)C(=O)N[C@@H](CC(N)=O)C(=O)N[C@@H](CC(N)=O)C(=O)N[C@@H](CC(N)=O)C(=O)N[C@@H](CC(N)=O)C(=O)N[C@@H](CCCCN)C(=O)N[C@@H](Cc1c[nH]cn1)C(=O)N[C@@H](CC(N)=O)C(N)=O. The van der Waals surface area contributed by atoms with Gasteiger partial charge in [0, 0.05) is 42.6 Å². The fraction of sp³-hybridized carbons (Fsp3) is 0.558. The van der Waals surface area contributed by atoms with Crippen LogP contribution in [0.2, 0.25) is 0 Å². The third kappa shape index (κ3) is 42.9. The van der Waals surface area contributed by atoms with Crippen molar-refractivity contribution < 1.29 is 101 Å². The van der Waals surface area contributed by atoms with E-state index in [4.69, 9.17) is 74.5 Å². The Balaban J connectivity index is 1.64. The monoisotopic (exact) mass is 1930 g/mol. The lowest BCUT2D eigenvalue weighted by Crippen LogP contribution is -2.62. The minimum atomic E-state index is -2.25. The molecule has 0 saturated carbocycles. The number of hydrogen-bond acceptors (Lipinski definition) is 28. The Labute approximate surface area is 790 Å². The van der Waals surface area contributed by atoms with E-state index in [0.29, 0.717) is 49.8 Å². The van der Waals surface area contributed by atoms with Crippen molar-refractivity contribution in [2.45, 2.75) is 265 Å². The van der Waals surface area contributed by atoms with Crippen LogP contribution in [0.25, 0.3) is 10.9 Å². The second-order valence-electron chi connectivity index (χ2n) is 33.5. The lowest BCUT2D eigenvalue weighted by Gasteiger charge is -2.29. The lowest BCUT2D eigenvalue weighted by atomic mass is 9.99. The van der Waals surface area contributed by atoms with Crippen LogP contribution in [-0.4, -0.2) is 262 Å². The van der Waals surface area contributed by atoms with Gasteiger partial charge >= 0.3 is 0 Å². The third-order valence-corrected chi connectivity index (χ3v) is 21.5. The van der Waals surface area contributed by atoms with Gasteiger partial charge in [-0.05, 0) is 152 Å². The number of unbranched alkanes of at least 4 members (excludes halogenated alkanes) is 5. The average Bonchev–Trinajstić information content (AvgIpc) is 1.69. The Morgan fingerprint density at radius 1 is 0.299 bits per heavy atom. The van der Waals surface area contributed by atoms with Crippen LogP contribution < -0.4 is 149 Å². The first-order valence-corrected chi connectivity index (χ1v) is 45.1. The van der Waals surface area contributed by atoms with Gasteiger partial charge in [-0.2, -0.15) is 0 Å². The Kier molecular flexibility index (Phi) is 51.2. The molecule has 0 unspecified atom stereocenters. The van der Waals surface area contributed by atoms with E-state index in [1.54, 1.807) is 50.4 Å². The number of aromatic amines is 2. The smallest absolute Gasteiger partial charge is 0.243 e. The zero-order valence-electron chi connectivity index (χ0n) is 76.9. The molecular formula is C86H136N30O21. The molecule has 0 fully saturated rings. The van der Waals surface area contributed by atoms with Crippen molar-refractivity contribution in [3.63, 3.8) is 0 Å². The van der Waals surface area contributed by atoms with E-state index in [9.17, 15) is 95.9 Å². The number of aromatic nitrogens is 3. The molecule has 0 radical (unpaired) electrons. The molecule has 51 nitrogen and oxygen atoms in total. The number of benzene rings is 2. The molecule has 0 spiro atoms. The predicted octanol–water partition coefficient (Wildman–Crippen LogP) is -10.5. The van der Waals surface area contributed by atoms with Crippen LogP contribution in [0.5, 0.6) is 0 Å². The van der Waals surface area contributed by atoms with Gasteiger partial charge in [-0.1, -0.05) is 68.8 Å². The number of carbonyl (C=O) groups is 21. The average molecular weight is 1930 g/mol. The molecule has 4 rings (SSSR count). The van der Waals surface area contributed by atoms with Gasteiger partial charge in [0.25, 0.3) is 0 Å². The molecule has 0 aliphatic carbocycles. The number of nitrogens with zero attached hydrogens (tertiary/aromatic N) is 1. The van der Waals surface area contributed by atoms with Crippen LogP contribution in [0.4, 0.5) is 0 Å². The van der Waals surface area contributed by atoms with E-state index in [0.717, 1.165) is 10.9 Å². The molecule has 0 saturated heterocycles. The standard InChI is InChI=1S/C86H136N30O21/c1-45(2)32-57(109-75(126)54(25-11-16-30-90)105-80(131)59(108-73(124)50(92)21-8-13-27-87)34-47-42-101-51-22-7-6-20-49(47)51)78(129)110-58(33-46-18-4-3-5-19-46)79(130)104-52(23-9-14-28-88)74(125)103-53(24-10-15-29-89)77(128)112-62(38-68(95)119)83(134)114-64(40-70(97)121)85(136)116-65(41-71(98)122)86(137)115-63(39-69(96)120)84(135)113-61(37-67(94)118)82(133)106-55(26-12-17-31-91)76(127)111-60(35-48-43-100-44-102-48)81(132)107-56(72(99)123)36-66(93)117/h3-7,18-20,22,42-45,50,52-65,101H,8-17,21,23-41,87-92H2,1-2H3,(H2,93,117)(H2,94,118)(H2,95,119)(H2,96,120)(H2,97,121)(H2,98,122)(H2,99,123)(H,100,102)(H,103,125)(H,104,130)(H,105,131)(H,106,133)(H,107,132)(H,108,124)(H,109,126)(H,110,129)(H,111,127)(H,112,128)(H,113,135)(H,114,134)(H,115,137)(H,116,136)/t50-,52-,53-,54-,55-,56-,57-,58-,59-,60-,61-,62-,63-,64-,65-/m0/s1. The summed E-state index contributed by atoms with van der Waals surface area (Å²) >= 11 is 0. The summed E-state index contributed by atoms with van der Waals surface area (Å²) in [6, 6.07) is -9.88. The van der Waals surface area contributed by atoms with Crippen LogP contribution >= 0.6 is 0 Å². The van der Waals surface area contributed by atoms with E-state index < -0.39 is 253 Å². The van der Waals surface area contributed by atoms with E-state index >= 15 is 4.79 Å². The van der Waals surface area contributed by atoms with Crippen molar-refractivity contribution in [2.24, 2.45) is 80.5 Å². The highest BCUT2D eigenvalue weighted by Crippen LogP contribution is 2.21. The number of nitrogens with two attached hydrogens (primary N) is 13. The summed E-state index contributed by atoms with van der Waals surface area (Å²) in [5.41, 5.74) is 75.7. The summed E-state index contributed by atoms with van der Waals surface area (Å²) in [7, 11) is 0. The van der Waals surface area contributed by atoms with Gasteiger partial charge in [-0.15, -0.1) is 0 Å². The first kappa shape index (κ1) is 115. The molecule has 0 bridgehead atoms. The number of imidazole rings is 1. The largest absolute Gasteiger partial charge is 0.370 e. The molecule has 0 aliphatic heterocycles. The molecule has 2 aromatic carbocycles. The molecule has 21 amide bonds. The van der Waals surface area contributed by atoms with Crippen molar-refractivity contribution in [3.05, 3.63) is 90.1 Å². The Morgan fingerprint density at radius 3 is 0.912 bits per heavy atom. The van der Waals surface area contributed by atoms with E-state index in [1.807, 2.05) is 24.3 Å². The number of para-hydroxylation sites is 1. The number of amides is 21. The molecule has 15 atom stereocenters. The number of hydrogen-bond donors (Lipinski definition) is 29. The molecule has 2 heterocycles. The highest BCUT2D eigenvalue weighted by atomic mass is 16.2. The maximum Gasteiger partial charge on any atom is 0.243 e.